The maximum Gasteiger partial charge on any atom is 0.0546 e. The van der Waals surface area contributed by atoms with Crippen LogP contribution < -0.4 is 4.90 Å². The van der Waals surface area contributed by atoms with Gasteiger partial charge in [0.1, 0.15) is 0 Å². The van der Waals surface area contributed by atoms with Gasteiger partial charge in [0.25, 0.3) is 0 Å². The molecule has 0 radical (unpaired) electrons. The van der Waals surface area contributed by atoms with Crippen molar-refractivity contribution in [3.8, 4) is 77.9 Å². The summed E-state index contributed by atoms with van der Waals surface area (Å²) in [5.74, 6) is 0. The van der Waals surface area contributed by atoms with Gasteiger partial charge in [0.2, 0.25) is 0 Å². The van der Waals surface area contributed by atoms with Crippen molar-refractivity contribution in [2.24, 2.45) is 0 Å². The molecule has 0 fully saturated rings. The first-order valence-electron chi connectivity index (χ1n) is 23.7. The molecular formula is C67H49N. The number of hydrogen-bond donors (Lipinski definition) is 0. The van der Waals surface area contributed by atoms with Crippen LogP contribution >= 0.6 is 0 Å². The van der Waals surface area contributed by atoms with Crippen molar-refractivity contribution < 1.29 is 0 Å². The molecule has 0 saturated heterocycles. The van der Waals surface area contributed by atoms with Crippen LogP contribution in [0.3, 0.4) is 0 Å². The van der Waals surface area contributed by atoms with Gasteiger partial charge in [0.15, 0.2) is 0 Å². The Kier molecular flexibility index (Phi) is 10.3. The molecule has 0 aromatic heterocycles. The lowest BCUT2D eigenvalue weighted by Gasteiger charge is -2.31. The molecule has 11 aromatic carbocycles. The summed E-state index contributed by atoms with van der Waals surface area (Å²) in [5, 5.41) is 2.51. The van der Waals surface area contributed by atoms with E-state index in [9.17, 15) is 0 Å². The van der Waals surface area contributed by atoms with E-state index in [1.165, 1.54) is 99.8 Å². The molecule has 68 heavy (non-hydrogen) atoms. The summed E-state index contributed by atoms with van der Waals surface area (Å²) in [5.41, 5.74) is 22.8. The Balaban J connectivity index is 1.02. The van der Waals surface area contributed by atoms with Gasteiger partial charge in [-0.05, 0) is 137 Å². The largest absolute Gasteiger partial charge is 0.310 e. The molecule has 1 aliphatic carbocycles. The zero-order valence-corrected chi connectivity index (χ0v) is 38.3. The Morgan fingerprint density at radius 2 is 0.706 bits per heavy atom. The summed E-state index contributed by atoms with van der Waals surface area (Å²) >= 11 is 0. The highest BCUT2D eigenvalue weighted by molar-refractivity contribution is 6.01. The van der Waals surface area contributed by atoms with Crippen molar-refractivity contribution in [2.45, 2.75) is 19.3 Å². The summed E-state index contributed by atoms with van der Waals surface area (Å²) in [6.45, 7) is 4.77. The highest BCUT2D eigenvalue weighted by Crippen LogP contribution is 2.53. The molecule has 1 heteroatoms. The van der Waals surface area contributed by atoms with Crippen molar-refractivity contribution in [1.82, 2.24) is 0 Å². The van der Waals surface area contributed by atoms with E-state index >= 15 is 0 Å². The van der Waals surface area contributed by atoms with Crippen LogP contribution in [0.4, 0.5) is 17.1 Å². The van der Waals surface area contributed by atoms with Crippen LogP contribution in [0, 0.1) is 0 Å². The first-order chi connectivity index (χ1) is 33.5. The van der Waals surface area contributed by atoms with Gasteiger partial charge in [-0.2, -0.15) is 0 Å². The molecule has 0 spiro atoms. The summed E-state index contributed by atoms with van der Waals surface area (Å²) in [4.78, 5) is 2.49. The topological polar surface area (TPSA) is 3.24 Å². The first-order valence-corrected chi connectivity index (χ1v) is 23.7. The molecule has 11 aromatic rings. The van der Waals surface area contributed by atoms with E-state index in [0.717, 1.165) is 17.1 Å². The molecule has 0 amide bonds. The van der Waals surface area contributed by atoms with Crippen LogP contribution in [-0.2, 0) is 5.41 Å². The minimum atomic E-state index is -0.228. The fraction of sp³-hybridized carbons (Fsp3) is 0.0448. The van der Waals surface area contributed by atoms with E-state index in [-0.39, 0.29) is 5.41 Å². The molecular weight excluding hydrogens is 819 g/mol. The number of nitrogens with zero attached hydrogens (tertiary/aromatic N) is 1. The molecule has 0 atom stereocenters. The average Bonchev–Trinajstić information content (AvgIpc) is 3.64. The van der Waals surface area contributed by atoms with Gasteiger partial charge in [-0.15, -0.1) is 0 Å². The van der Waals surface area contributed by atoms with E-state index in [1.54, 1.807) is 0 Å². The van der Waals surface area contributed by atoms with Crippen molar-refractivity contribution in [2.75, 3.05) is 4.90 Å². The fourth-order valence-electron chi connectivity index (χ4n) is 10.6. The van der Waals surface area contributed by atoms with Gasteiger partial charge < -0.3 is 4.90 Å². The Labute approximate surface area is 399 Å². The second kappa shape index (κ2) is 17.0. The molecule has 1 aliphatic rings. The van der Waals surface area contributed by atoms with E-state index < -0.39 is 0 Å². The number of anilines is 3. The highest BCUT2D eigenvalue weighted by Gasteiger charge is 2.36. The molecule has 0 saturated carbocycles. The van der Waals surface area contributed by atoms with Gasteiger partial charge in [0.05, 0.1) is 5.69 Å². The van der Waals surface area contributed by atoms with E-state index in [4.69, 9.17) is 0 Å². The molecule has 0 heterocycles. The number of benzene rings is 11. The van der Waals surface area contributed by atoms with Gasteiger partial charge in [-0.25, -0.2) is 0 Å². The normalized spacial score (nSPS) is 12.4. The van der Waals surface area contributed by atoms with Crippen molar-refractivity contribution in [3.63, 3.8) is 0 Å². The zero-order chi connectivity index (χ0) is 45.6. The summed E-state index contributed by atoms with van der Waals surface area (Å²) in [7, 11) is 0. The second-order valence-electron chi connectivity index (χ2n) is 18.5. The Hall–Kier alpha value is -8.52. The lowest BCUT2D eigenvalue weighted by atomic mass is 9.81. The van der Waals surface area contributed by atoms with Crippen LogP contribution in [0.25, 0.3) is 88.7 Å². The number of rotatable bonds is 9. The molecule has 0 unspecified atom stereocenters. The maximum atomic E-state index is 2.49. The zero-order valence-electron chi connectivity index (χ0n) is 38.3. The molecule has 0 N–H and O–H groups in total. The van der Waals surface area contributed by atoms with E-state index in [0.29, 0.717) is 0 Å². The van der Waals surface area contributed by atoms with Crippen LogP contribution in [0.15, 0.2) is 261 Å². The monoisotopic (exact) mass is 867 g/mol. The highest BCUT2D eigenvalue weighted by atomic mass is 15.1. The smallest absolute Gasteiger partial charge is 0.0546 e. The van der Waals surface area contributed by atoms with Gasteiger partial charge in [0, 0.05) is 22.4 Å². The summed E-state index contributed by atoms with van der Waals surface area (Å²) in [6, 6.07) is 95.7. The third-order valence-corrected chi connectivity index (χ3v) is 14.1. The van der Waals surface area contributed by atoms with Crippen molar-refractivity contribution >= 4 is 27.8 Å². The first kappa shape index (κ1) is 40.9. The fourth-order valence-corrected chi connectivity index (χ4v) is 10.6. The lowest BCUT2D eigenvalue weighted by Crippen LogP contribution is -2.17. The third kappa shape index (κ3) is 7.30. The maximum absolute atomic E-state index is 2.49. The molecule has 0 bridgehead atoms. The molecule has 0 aliphatic heterocycles. The number of hydrogen-bond acceptors (Lipinski definition) is 1. The molecule has 322 valence electrons. The van der Waals surface area contributed by atoms with Crippen molar-refractivity contribution in [1.29, 1.82) is 0 Å². The van der Waals surface area contributed by atoms with Crippen LogP contribution in [0.5, 0.6) is 0 Å². The lowest BCUT2D eigenvalue weighted by molar-refractivity contribution is 0.660. The van der Waals surface area contributed by atoms with Gasteiger partial charge in [-0.3, -0.25) is 0 Å². The summed E-state index contributed by atoms with van der Waals surface area (Å²) < 4.78 is 0. The Morgan fingerprint density at radius 3 is 1.38 bits per heavy atom. The quantitative estimate of drug-likeness (QED) is 0.140. The Morgan fingerprint density at radius 1 is 0.265 bits per heavy atom. The van der Waals surface area contributed by atoms with E-state index in [2.05, 4.69) is 280 Å². The minimum Gasteiger partial charge on any atom is -0.310 e. The Bertz CT molecular complexity index is 3610. The number of fused-ring (bicyclic) bond motifs is 4. The van der Waals surface area contributed by atoms with Crippen LogP contribution in [-0.4, -0.2) is 0 Å². The minimum absolute atomic E-state index is 0.228. The van der Waals surface area contributed by atoms with Gasteiger partial charge in [-0.1, -0.05) is 232 Å². The average molecular weight is 868 g/mol. The third-order valence-electron chi connectivity index (χ3n) is 14.1. The predicted octanol–water partition coefficient (Wildman–Crippen LogP) is 18.6. The standard InChI is InChI=1S/C67H49N/c1-67(2)63-44-55(46-17-6-3-7-18-46)37-41-60(63)61-42-40-57(45-64(61)67)68(56-38-35-49(36-39-56)48-29-31-50(32-30-48)54-34-33-47-19-12-13-24-53(47)43-54)65-28-16-27-59(52-22-10-5-11-23-52)66(65)62-26-15-14-25-58(62)51-20-8-4-9-21-51/h3-45H,1-2H3. The van der Waals surface area contributed by atoms with Crippen LogP contribution in [0.2, 0.25) is 0 Å². The SMILES string of the molecule is CC1(C)c2cc(-c3ccccc3)ccc2-c2ccc(N(c3ccc(-c4ccc(-c5ccc6ccccc6c5)cc4)cc3)c3cccc(-c4ccccc4)c3-c3ccccc3-c3ccccc3)cc21. The van der Waals surface area contributed by atoms with Crippen molar-refractivity contribution in [3.05, 3.63) is 272 Å². The predicted molar refractivity (Wildman–Crippen MR) is 289 cm³/mol. The second-order valence-corrected chi connectivity index (χ2v) is 18.5. The molecule has 12 rings (SSSR count). The molecule has 1 nitrogen and oxygen atoms in total. The summed E-state index contributed by atoms with van der Waals surface area (Å²) in [6.07, 6.45) is 0. The van der Waals surface area contributed by atoms with E-state index in [1.807, 2.05) is 0 Å². The van der Waals surface area contributed by atoms with Gasteiger partial charge >= 0.3 is 0 Å². The van der Waals surface area contributed by atoms with Crippen LogP contribution in [0.1, 0.15) is 25.0 Å².